The maximum absolute atomic E-state index is 12.8. The van der Waals surface area contributed by atoms with Crippen molar-refractivity contribution < 1.29 is 9.53 Å². The van der Waals surface area contributed by atoms with Crippen LogP contribution in [-0.4, -0.2) is 33.3 Å². The first-order chi connectivity index (χ1) is 13.0. The summed E-state index contributed by atoms with van der Waals surface area (Å²) in [7, 11) is 1.41. The maximum atomic E-state index is 12.8. The number of methoxy groups -OCH3 is 1. The summed E-state index contributed by atoms with van der Waals surface area (Å²) in [5, 5.41) is 11.7. The van der Waals surface area contributed by atoms with E-state index in [2.05, 4.69) is 5.10 Å². The molecule has 144 valence electrons. The molecule has 1 aromatic heterocycles. The Bertz CT molecular complexity index is 860. The zero-order chi connectivity index (χ0) is 19.4. The molecule has 0 spiro atoms. The van der Waals surface area contributed by atoms with Gasteiger partial charge in [-0.2, -0.15) is 9.78 Å². The van der Waals surface area contributed by atoms with Crippen LogP contribution in [0.15, 0.2) is 35.4 Å². The van der Waals surface area contributed by atoms with E-state index < -0.39 is 0 Å². The number of esters is 1. The number of nitrogens with zero attached hydrogens (tertiary/aromatic N) is 3. The maximum Gasteiger partial charge on any atom is 0.350 e. The zero-order valence-electron chi connectivity index (χ0n) is 15.4. The van der Waals surface area contributed by atoms with Crippen molar-refractivity contribution in [1.82, 2.24) is 14.3 Å². The van der Waals surface area contributed by atoms with Crippen molar-refractivity contribution in [3.63, 3.8) is 0 Å². The summed E-state index contributed by atoms with van der Waals surface area (Å²) >= 11 is 0. The van der Waals surface area contributed by atoms with Crippen LogP contribution in [-0.2, 0) is 9.53 Å². The van der Waals surface area contributed by atoms with Gasteiger partial charge in [-0.15, -0.1) is 0 Å². The topological polar surface area (TPSA) is 116 Å². The minimum Gasteiger partial charge on any atom is -0.469 e. The largest absolute Gasteiger partial charge is 0.469 e. The lowest BCUT2D eigenvalue weighted by molar-refractivity contribution is -0.141. The number of carbonyl (C=O) groups excluding carboxylic acids is 1. The highest BCUT2D eigenvalue weighted by molar-refractivity contribution is 5.95. The normalized spacial score (nSPS) is 19.6. The molecule has 8 heteroatoms. The van der Waals surface area contributed by atoms with Gasteiger partial charge in [0.1, 0.15) is 12.2 Å². The number of amidine groups is 1. The highest BCUT2D eigenvalue weighted by atomic mass is 16.5. The molecule has 0 unspecified atom stereocenters. The molecule has 0 amide bonds. The number of ether oxygens (including phenoxy) is 1. The quantitative estimate of drug-likeness (QED) is 0.458. The molecule has 1 fully saturated rings. The summed E-state index contributed by atoms with van der Waals surface area (Å²) < 4.78 is 7.77. The molecule has 0 radical (unpaired) electrons. The molecule has 3 N–H and O–H groups in total. The smallest absolute Gasteiger partial charge is 0.350 e. The first kappa shape index (κ1) is 18.9. The van der Waals surface area contributed by atoms with Gasteiger partial charge in [-0.3, -0.25) is 14.8 Å². The lowest BCUT2D eigenvalue weighted by Crippen LogP contribution is -2.29. The second-order valence-electron chi connectivity index (χ2n) is 6.98. The fourth-order valence-corrected chi connectivity index (χ4v) is 3.66. The van der Waals surface area contributed by atoms with Crippen molar-refractivity contribution in [2.24, 2.45) is 11.7 Å². The van der Waals surface area contributed by atoms with Gasteiger partial charge in [-0.25, -0.2) is 4.79 Å². The number of carbonyl (C=O) groups is 1. The molecule has 1 aromatic carbocycles. The van der Waals surface area contributed by atoms with Crippen LogP contribution < -0.4 is 11.4 Å². The molecular formula is C19H25N5O3. The van der Waals surface area contributed by atoms with Crippen LogP contribution in [0.25, 0.3) is 5.69 Å². The predicted octanol–water partition coefficient (Wildman–Crippen LogP) is 2.00. The SMILES string of the molecule is COC(=O)CCC1CCC(n2cnn(-c3ccc(C(=N)N)cc3)c2=O)CC1. The average Bonchev–Trinajstić information content (AvgIpc) is 3.08. The van der Waals surface area contributed by atoms with E-state index in [9.17, 15) is 9.59 Å². The van der Waals surface area contributed by atoms with Crippen LogP contribution in [0.4, 0.5) is 0 Å². The number of hydrogen-bond donors (Lipinski definition) is 2. The predicted molar refractivity (Wildman–Crippen MR) is 101 cm³/mol. The first-order valence-electron chi connectivity index (χ1n) is 9.17. The molecule has 1 aliphatic rings. The van der Waals surface area contributed by atoms with Crippen molar-refractivity contribution in [3.8, 4) is 5.69 Å². The molecule has 2 aromatic rings. The van der Waals surface area contributed by atoms with E-state index in [1.165, 1.54) is 11.8 Å². The summed E-state index contributed by atoms with van der Waals surface area (Å²) in [5.41, 5.74) is 6.55. The number of aromatic nitrogens is 3. The van der Waals surface area contributed by atoms with Crippen molar-refractivity contribution in [3.05, 3.63) is 46.6 Å². The van der Waals surface area contributed by atoms with Gasteiger partial charge in [-0.05, 0) is 62.3 Å². The van der Waals surface area contributed by atoms with E-state index in [0.29, 0.717) is 23.6 Å². The average molecular weight is 371 g/mol. The summed E-state index contributed by atoms with van der Waals surface area (Å²) in [6.45, 7) is 0. The van der Waals surface area contributed by atoms with Crippen LogP contribution in [0.5, 0.6) is 0 Å². The third-order valence-corrected chi connectivity index (χ3v) is 5.31. The number of nitrogens with one attached hydrogen (secondary N) is 1. The Balaban J connectivity index is 1.65. The standard InChI is InChI=1S/C19H25N5O3/c1-27-17(25)11-4-13-2-7-15(8-3-13)23-12-22-24(19(23)26)16-9-5-14(6-10-16)18(20)21/h5-6,9-10,12-13,15H,2-4,7-8,11H2,1H3,(H3,20,21). The Kier molecular flexibility index (Phi) is 5.73. The molecule has 1 heterocycles. The Morgan fingerprint density at radius 2 is 1.93 bits per heavy atom. The second-order valence-corrected chi connectivity index (χ2v) is 6.98. The number of rotatable bonds is 6. The molecule has 1 aliphatic carbocycles. The molecule has 0 saturated heterocycles. The molecule has 3 rings (SSSR count). The van der Waals surface area contributed by atoms with Gasteiger partial charge in [0.05, 0.1) is 12.8 Å². The summed E-state index contributed by atoms with van der Waals surface area (Å²) in [4.78, 5) is 24.0. The molecule has 1 saturated carbocycles. The van der Waals surface area contributed by atoms with E-state index >= 15 is 0 Å². The molecular weight excluding hydrogens is 346 g/mol. The molecule has 27 heavy (non-hydrogen) atoms. The molecule has 0 aliphatic heterocycles. The van der Waals surface area contributed by atoms with Gasteiger partial charge in [0.15, 0.2) is 0 Å². The van der Waals surface area contributed by atoms with E-state index in [4.69, 9.17) is 15.9 Å². The monoisotopic (exact) mass is 371 g/mol. The van der Waals surface area contributed by atoms with Gasteiger partial charge in [0, 0.05) is 18.0 Å². The van der Waals surface area contributed by atoms with Gasteiger partial charge in [0.2, 0.25) is 0 Å². The second kappa shape index (κ2) is 8.20. The van der Waals surface area contributed by atoms with Gasteiger partial charge in [-0.1, -0.05) is 0 Å². The van der Waals surface area contributed by atoms with Crippen molar-refractivity contribution >= 4 is 11.8 Å². The summed E-state index contributed by atoms with van der Waals surface area (Å²) in [6.07, 6.45) is 6.69. The Hall–Kier alpha value is -2.90. The van der Waals surface area contributed by atoms with Crippen LogP contribution in [0.3, 0.4) is 0 Å². The number of nitrogen functional groups attached to an aromatic ring is 1. The number of nitrogens with two attached hydrogens (primary N) is 1. The highest BCUT2D eigenvalue weighted by Gasteiger charge is 2.25. The Morgan fingerprint density at radius 3 is 2.52 bits per heavy atom. The van der Waals surface area contributed by atoms with Crippen molar-refractivity contribution in [2.45, 2.75) is 44.6 Å². The van der Waals surface area contributed by atoms with Gasteiger partial charge in [0.25, 0.3) is 0 Å². The number of hydrogen-bond acceptors (Lipinski definition) is 5. The zero-order valence-corrected chi connectivity index (χ0v) is 15.4. The molecule has 8 nitrogen and oxygen atoms in total. The van der Waals surface area contributed by atoms with Gasteiger partial charge < -0.3 is 10.5 Å². The minimum absolute atomic E-state index is 0.0108. The third kappa shape index (κ3) is 4.27. The third-order valence-electron chi connectivity index (χ3n) is 5.31. The Labute approximate surface area is 157 Å². The Morgan fingerprint density at radius 1 is 1.26 bits per heavy atom. The highest BCUT2D eigenvalue weighted by Crippen LogP contribution is 2.33. The number of benzene rings is 1. The molecule has 0 bridgehead atoms. The van der Waals surface area contributed by atoms with Crippen LogP contribution >= 0.6 is 0 Å². The lowest BCUT2D eigenvalue weighted by atomic mass is 9.83. The van der Waals surface area contributed by atoms with Crippen molar-refractivity contribution in [1.29, 1.82) is 5.41 Å². The summed E-state index contributed by atoms with van der Waals surface area (Å²) in [5.74, 6) is 0.332. The fourth-order valence-electron chi connectivity index (χ4n) is 3.66. The van der Waals surface area contributed by atoms with Gasteiger partial charge >= 0.3 is 11.7 Å². The van der Waals surface area contributed by atoms with Crippen molar-refractivity contribution in [2.75, 3.05) is 7.11 Å². The van der Waals surface area contributed by atoms with E-state index in [-0.39, 0.29) is 23.5 Å². The fraction of sp³-hybridized carbons (Fsp3) is 0.474. The lowest BCUT2D eigenvalue weighted by Gasteiger charge is -2.28. The first-order valence-corrected chi connectivity index (χ1v) is 9.17. The van der Waals surface area contributed by atoms with E-state index in [1.54, 1.807) is 35.2 Å². The summed E-state index contributed by atoms with van der Waals surface area (Å²) in [6, 6.07) is 7.01. The van der Waals surface area contributed by atoms with Crippen LogP contribution in [0.1, 0.15) is 50.1 Å². The van der Waals surface area contributed by atoms with Crippen LogP contribution in [0, 0.1) is 11.3 Å². The molecule has 0 atom stereocenters. The van der Waals surface area contributed by atoms with Crippen LogP contribution in [0.2, 0.25) is 0 Å². The van der Waals surface area contributed by atoms with E-state index in [1.807, 2.05) is 0 Å². The van der Waals surface area contributed by atoms with E-state index in [0.717, 1.165) is 32.1 Å². The minimum atomic E-state index is -0.163.